The molecule has 0 aliphatic carbocycles. The van der Waals surface area contributed by atoms with Crippen LogP contribution >= 0.6 is 0 Å². The van der Waals surface area contributed by atoms with Gasteiger partial charge in [-0.05, 0) is 26.0 Å². The Morgan fingerprint density at radius 3 is 2.88 bits per heavy atom. The largest absolute Gasteiger partial charge is 0.490 e. The van der Waals surface area contributed by atoms with Crippen LogP contribution in [0.2, 0.25) is 0 Å². The SMILES string of the molecule is CCNC(=NCC(C)(O)c1cnn(C)c1)NCCOc1cccnc1. The smallest absolute Gasteiger partial charge is 0.191 e. The summed E-state index contributed by atoms with van der Waals surface area (Å²) in [7, 11) is 1.82. The zero-order valence-corrected chi connectivity index (χ0v) is 14.9. The Morgan fingerprint density at radius 1 is 1.40 bits per heavy atom. The lowest BCUT2D eigenvalue weighted by molar-refractivity contribution is 0.0672. The molecule has 8 heteroatoms. The number of guanidine groups is 1. The lowest BCUT2D eigenvalue weighted by Crippen LogP contribution is -2.40. The molecule has 8 nitrogen and oxygen atoms in total. The van der Waals surface area contributed by atoms with E-state index in [0.717, 1.165) is 17.9 Å². The van der Waals surface area contributed by atoms with E-state index in [-0.39, 0.29) is 6.54 Å². The van der Waals surface area contributed by atoms with Crippen molar-refractivity contribution in [1.29, 1.82) is 0 Å². The summed E-state index contributed by atoms with van der Waals surface area (Å²) in [5.41, 5.74) is -0.350. The standard InChI is InChI=1S/C17H26N6O2/c1-4-19-16(20-8-9-25-15-6-5-7-18-11-15)21-13-17(2,24)14-10-22-23(3)12-14/h5-7,10-12,24H,4,8-9,13H2,1-3H3,(H2,19,20,21). The highest BCUT2D eigenvalue weighted by Gasteiger charge is 2.24. The number of hydrogen-bond acceptors (Lipinski definition) is 5. The Morgan fingerprint density at radius 2 is 2.24 bits per heavy atom. The summed E-state index contributed by atoms with van der Waals surface area (Å²) in [6, 6.07) is 3.69. The summed E-state index contributed by atoms with van der Waals surface area (Å²) in [5.74, 6) is 1.35. The van der Waals surface area contributed by atoms with Gasteiger partial charge < -0.3 is 20.5 Å². The van der Waals surface area contributed by atoms with E-state index in [0.29, 0.717) is 19.1 Å². The molecule has 0 amide bonds. The molecule has 0 saturated heterocycles. The van der Waals surface area contributed by atoms with Crippen LogP contribution in [0.5, 0.6) is 5.75 Å². The fourth-order valence-corrected chi connectivity index (χ4v) is 2.14. The first-order valence-corrected chi connectivity index (χ1v) is 8.28. The number of pyridine rings is 1. The van der Waals surface area contributed by atoms with Crippen molar-refractivity contribution in [2.45, 2.75) is 19.4 Å². The van der Waals surface area contributed by atoms with Gasteiger partial charge in [-0.1, -0.05) is 0 Å². The van der Waals surface area contributed by atoms with Crippen molar-refractivity contribution >= 4 is 5.96 Å². The highest BCUT2D eigenvalue weighted by Crippen LogP contribution is 2.19. The third-order valence-corrected chi connectivity index (χ3v) is 3.51. The van der Waals surface area contributed by atoms with Crippen molar-refractivity contribution in [3.05, 3.63) is 42.5 Å². The van der Waals surface area contributed by atoms with Crippen LogP contribution in [-0.2, 0) is 12.6 Å². The van der Waals surface area contributed by atoms with Crippen LogP contribution in [0.3, 0.4) is 0 Å². The monoisotopic (exact) mass is 346 g/mol. The molecule has 1 unspecified atom stereocenters. The second-order valence-electron chi connectivity index (χ2n) is 5.84. The number of aromatic nitrogens is 3. The first kappa shape index (κ1) is 18.7. The van der Waals surface area contributed by atoms with Crippen LogP contribution in [0.25, 0.3) is 0 Å². The minimum atomic E-state index is -1.08. The number of aliphatic hydroxyl groups is 1. The van der Waals surface area contributed by atoms with Gasteiger partial charge in [-0.3, -0.25) is 9.67 Å². The summed E-state index contributed by atoms with van der Waals surface area (Å²) < 4.78 is 7.24. The Bertz CT molecular complexity index is 669. The van der Waals surface area contributed by atoms with Crippen LogP contribution < -0.4 is 15.4 Å². The molecule has 0 radical (unpaired) electrons. The van der Waals surface area contributed by atoms with Gasteiger partial charge in [-0.25, -0.2) is 4.99 Å². The van der Waals surface area contributed by atoms with Crippen molar-refractivity contribution in [3.8, 4) is 5.75 Å². The molecular formula is C17H26N6O2. The van der Waals surface area contributed by atoms with E-state index in [1.54, 1.807) is 36.4 Å². The normalized spacial score (nSPS) is 14.0. The van der Waals surface area contributed by atoms with Gasteiger partial charge in [-0.2, -0.15) is 5.10 Å². The first-order valence-electron chi connectivity index (χ1n) is 8.28. The number of nitrogens with zero attached hydrogens (tertiary/aromatic N) is 4. The summed E-state index contributed by atoms with van der Waals surface area (Å²) in [6.45, 7) is 5.72. The quantitative estimate of drug-likeness (QED) is 0.369. The van der Waals surface area contributed by atoms with Gasteiger partial charge >= 0.3 is 0 Å². The van der Waals surface area contributed by atoms with Crippen LogP contribution in [0.1, 0.15) is 19.4 Å². The second kappa shape index (κ2) is 9.03. The Balaban J connectivity index is 1.85. The van der Waals surface area contributed by atoms with E-state index >= 15 is 0 Å². The topological polar surface area (TPSA) is 96.6 Å². The van der Waals surface area contributed by atoms with Gasteiger partial charge in [0.2, 0.25) is 0 Å². The predicted octanol–water partition coefficient (Wildman–Crippen LogP) is 0.657. The molecule has 2 heterocycles. The van der Waals surface area contributed by atoms with Crippen molar-refractivity contribution in [2.75, 3.05) is 26.2 Å². The van der Waals surface area contributed by atoms with Gasteiger partial charge in [0.25, 0.3) is 0 Å². The van der Waals surface area contributed by atoms with Gasteiger partial charge in [0.1, 0.15) is 18.0 Å². The second-order valence-corrected chi connectivity index (χ2v) is 5.84. The van der Waals surface area contributed by atoms with Crippen LogP contribution in [0.4, 0.5) is 0 Å². The van der Waals surface area contributed by atoms with Crippen LogP contribution in [-0.4, -0.2) is 52.1 Å². The lowest BCUT2D eigenvalue weighted by atomic mass is 10.0. The van der Waals surface area contributed by atoms with Crippen molar-refractivity contribution < 1.29 is 9.84 Å². The van der Waals surface area contributed by atoms with E-state index in [9.17, 15) is 5.11 Å². The molecule has 2 aromatic heterocycles. The maximum Gasteiger partial charge on any atom is 0.191 e. The Hall–Kier alpha value is -2.61. The van der Waals surface area contributed by atoms with Gasteiger partial charge in [-0.15, -0.1) is 0 Å². The molecule has 25 heavy (non-hydrogen) atoms. The summed E-state index contributed by atoms with van der Waals surface area (Å²) in [6.07, 6.45) is 6.81. The molecule has 0 aliphatic rings. The molecule has 2 aromatic rings. The maximum atomic E-state index is 10.6. The number of ether oxygens (including phenoxy) is 1. The Labute approximate surface area is 148 Å². The molecular weight excluding hydrogens is 320 g/mol. The van der Waals surface area contributed by atoms with Gasteiger partial charge in [0, 0.05) is 31.5 Å². The Kier molecular flexibility index (Phi) is 6.76. The molecule has 0 saturated carbocycles. The third kappa shape index (κ3) is 6.07. The van der Waals surface area contributed by atoms with E-state index in [2.05, 4.69) is 25.7 Å². The third-order valence-electron chi connectivity index (χ3n) is 3.51. The van der Waals surface area contributed by atoms with Crippen molar-refractivity contribution in [3.63, 3.8) is 0 Å². The number of nitrogens with one attached hydrogen (secondary N) is 2. The lowest BCUT2D eigenvalue weighted by Gasteiger charge is -2.20. The average molecular weight is 346 g/mol. The number of rotatable bonds is 8. The number of aliphatic imine (C=N–C) groups is 1. The highest BCUT2D eigenvalue weighted by molar-refractivity contribution is 5.79. The fraction of sp³-hybridized carbons (Fsp3) is 0.471. The minimum Gasteiger partial charge on any atom is -0.490 e. The molecule has 0 fully saturated rings. The summed E-state index contributed by atoms with van der Waals surface area (Å²) in [4.78, 5) is 8.45. The zero-order valence-electron chi connectivity index (χ0n) is 14.9. The highest BCUT2D eigenvalue weighted by atomic mass is 16.5. The maximum absolute atomic E-state index is 10.6. The van der Waals surface area contributed by atoms with E-state index in [1.165, 1.54) is 0 Å². The molecule has 3 N–H and O–H groups in total. The predicted molar refractivity (Wildman–Crippen MR) is 96.5 cm³/mol. The van der Waals surface area contributed by atoms with Gasteiger partial charge in [0.05, 0.1) is 25.5 Å². The summed E-state index contributed by atoms with van der Waals surface area (Å²) >= 11 is 0. The van der Waals surface area contributed by atoms with E-state index in [4.69, 9.17) is 4.74 Å². The molecule has 0 aliphatic heterocycles. The fourth-order valence-electron chi connectivity index (χ4n) is 2.14. The molecule has 0 bridgehead atoms. The van der Waals surface area contributed by atoms with E-state index in [1.807, 2.05) is 26.1 Å². The number of aryl methyl sites for hydroxylation is 1. The van der Waals surface area contributed by atoms with Crippen molar-refractivity contribution in [2.24, 2.45) is 12.0 Å². The summed E-state index contributed by atoms with van der Waals surface area (Å²) in [5, 5.41) is 21.0. The average Bonchev–Trinajstić information content (AvgIpc) is 3.05. The molecule has 2 rings (SSSR count). The minimum absolute atomic E-state index is 0.220. The zero-order chi connectivity index (χ0) is 18.1. The van der Waals surface area contributed by atoms with E-state index < -0.39 is 5.60 Å². The number of hydrogen-bond donors (Lipinski definition) is 3. The van der Waals surface area contributed by atoms with Gasteiger partial charge in [0.15, 0.2) is 5.96 Å². The molecule has 1 atom stereocenters. The van der Waals surface area contributed by atoms with Crippen LogP contribution in [0.15, 0.2) is 41.9 Å². The van der Waals surface area contributed by atoms with Crippen molar-refractivity contribution in [1.82, 2.24) is 25.4 Å². The molecule has 0 spiro atoms. The molecule has 0 aromatic carbocycles. The first-order chi connectivity index (χ1) is 12.0. The van der Waals surface area contributed by atoms with Crippen LogP contribution in [0, 0.1) is 0 Å². The molecule has 136 valence electrons.